The third-order valence-corrected chi connectivity index (χ3v) is 3.41. The minimum Gasteiger partial charge on any atom is -0.310 e. The van der Waals surface area contributed by atoms with E-state index in [4.69, 9.17) is 0 Å². The molecular weight excluding hydrogens is 266 g/mol. The molecule has 0 heterocycles. The van der Waals surface area contributed by atoms with Crippen molar-refractivity contribution in [3.05, 3.63) is 39.4 Å². The van der Waals surface area contributed by atoms with Crippen LogP contribution in [0.15, 0.2) is 12.1 Å². The smallest absolute Gasteiger partial charge is 0.305 e. The van der Waals surface area contributed by atoms with E-state index in [1.54, 1.807) is 0 Å². The Morgan fingerprint density at radius 1 is 1.30 bits per heavy atom. The monoisotopic (exact) mass is 286 g/mol. The van der Waals surface area contributed by atoms with Crippen molar-refractivity contribution < 1.29 is 13.7 Å². The summed E-state index contributed by atoms with van der Waals surface area (Å²) in [6, 6.07) is 1.68. The predicted molar refractivity (Wildman–Crippen MR) is 73.4 cm³/mol. The van der Waals surface area contributed by atoms with Crippen LogP contribution in [0.25, 0.3) is 0 Å². The lowest BCUT2D eigenvalue weighted by Crippen LogP contribution is -2.27. The molecule has 112 valence electrons. The van der Waals surface area contributed by atoms with Crippen molar-refractivity contribution >= 4 is 5.69 Å². The molecule has 0 saturated heterocycles. The number of nitrogens with zero attached hydrogens (tertiary/aromatic N) is 1. The van der Waals surface area contributed by atoms with Crippen molar-refractivity contribution in [2.75, 3.05) is 0 Å². The van der Waals surface area contributed by atoms with Crippen LogP contribution in [0.1, 0.15) is 39.2 Å². The molecule has 0 amide bonds. The molecule has 20 heavy (non-hydrogen) atoms. The van der Waals surface area contributed by atoms with Gasteiger partial charge in [0, 0.05) is 30.3 Å². The van der Waals surface area contributed by atoms with Crippen LogP contribution in [-0.2, 0) is 6.54 Å². The number of hydrogen-bond acceptors (Lipinski definition) is 3. The van der Waals surface area contributed by atoms with E-state index in [0.717, 1.165) is 18.9 Å². The van der Waals surface area contributed by atoms with Crippen molar-refractivity contribution in [3.8, 4) is 0 Å². The maximum Gasteiger partial charge on any atom is 0.305 e. The largest absolute Gasteiger partial charge is 0.310 e. The summed E-state index contributed by atoms with van der Waals surface area (Å²) < 4.78 is 26.8. The zero-order chi connectivity index (χ0) is 15.3. The summed E-state index contributed by atoms with van der Waals surface area (Å²) in [7, 11) is 0. The number of halogens is 2. The first-order chi connectivity index (χ1) is 9.35. The third-order valence-electron chi connectivity index (χ3n) is 3.41. The molecule has 6 heteroatoms. The van der Waals surface area contributed by atoms with E-state index >= 15 is 0 Å². The Morgan fingerprint density at radius 3 is 2.50 bits per heavy atom. The lowest BCUT2D eigenvalue weighted by molar-refractivity contribution is -0.387. The maximum absolute atomic E-state index is 13.6. The van der Waals surface area contributed by atoms with Crippen molar-refractivity contribution in [3.63, 3.8) is 0 Å². The first kappa shape index (κ1) is 16.5. The predicted octanol–water partition coefficient (Wildman–Crippen LogP) is 3.79. The zero-order valence-corrected chi connectivity index (χ0v) is 12.0. The average Bonchev–Trinajstić information content (AvgIpc) is 2.37. The summed E-state index contributed by atoms with van der Waals surface area (Å²) in [5, 5.41) is 13.7. The van der Waals surface area contributed by atoms with Gasteiger partial charge in [-0.25, -0.2) is 4.39 Å². The second kappa shape index (κ2) is 7.28. The maximum atomic E-state index is 13.6. The van der Waals surface area contributed by atoms with Gasteiger partial charge in [-0.15, -0.1) is 0 Å². The van der Waals surface area contributed by atoms with Crippen LogP contribution in [0.3, 0.4) is 0 Å². The number of nitro groups is 1. The molecule has 0 aromatic heterocycles. The molecule has 4 nitrogen and oxygen atoms in total. The molecule has 0 aliphatic carbocycles. The van der Waals surface area contributed by atoms with E-state index < -0.39 is 22.2 Å². The van der Waals surface area contributed by atoms with Crippen molar-refractivity contribution in [1.29, 1.82) is 0 Å². The number of nitro benzene ring substituents is 1. The summed E-state index contributed by atoms with van der Waals surface area (Å²) >= 11 is 0. The topological polar surface area (TPSA) is 55.2 Å². The molecule has 0 saturated carbocycles. The Labute approximate surface area is 117 Å². The van der Waals surface area contributed by atoms with E-state index in [1.165, 1.54) is 0 Å². The Balaban J connectivity index is 2.73. The van der Waals surface area contributed by atoms with Crippen LogP contribution in [0.4, 0.5) is 14.5 Å². The minimum atomic E-state index is -1.15. The molecule has 1 aromatic carbocycles. The lowest BCUT2D eigenvalue weighted by atomic mass is 10.0. The van der Waals surface area contributed by atoms with Gasteiger partial charge < -0.3 is 5.32 Å². The molecule has 0 radical (unpaired) electrons. The fourth-order valence-electron chi connectivity index (χ4n) is 1.99. The molecule has 0 fully saturated rings. The highest BCUT2D eigenvalue weighted by molar-refractivity contribution is 5.37. The van der Waals surface area contributed by atoms with Gasteiger partial charge in [-0.05, 0) is 19.3 Å². The molecule has 0 aliphatic rings. The van der Waals surface area contributed by atoms with Crippen LogP contribution in [0.5, 0.6) is 0 Å². The van der Waals surface area contributed by atoms with Gasteiger partial charge in [-0.1, -0.05) is 20.3 Å². The minimum absolute atomic E-state index is 0.106. The molecule has 0 aliphatic heterocycles. The van der Waals surface area contributed by atoms with E-state index in [0.29, 0.717) is 12.0 Å². The number of hydrogen-bond donors (Lipinski definition) is 1. The second-order valence-corrected chi connectivity index (χ2v) is 5.18. The molecule has 1 rings (SSSR count). The number of nitrogens with one attached hydrogen (secondary N) is 1. The quantitative estimate of drug-likeness (QED) is 0.613. The highest BCUT2D eigenvalue weighted by atomic mass is 19.1. The van der Waals surface area contributed by atoms with Gasteiger partial charge in [0.2, 0.25) is 5.82 Å². The zero-order valence-electron chi connectivity index (χ0n) is 12.0. The highest BCUT2D eigenvalue weighted by Gasteiger charge is 2.18. The highest BCUT2D eigenvalue weighted by Crippen LogP contribution is 2.21. The van der Waals surface area contributed by atoms with E-state index in [9.17, 15) is 18.9 Å². The Kier molecular flexibility index (Phi) is 6.01. The molecule has 1 N–H and O–H groups in total. The van der Waals surface area contributed by atoms with Crippen LogP contribution in [-0.4, -0.2) is 11.0 Å². The summed E-state index contributed by atoms with van der Waals surface area (Å²) in [5.41, 5.74) is -0.591. The lowest BCUT2D eigenvalue weighted by Gasteiger charge is -2.17. The van der Waals surface area contributed by atoms with Gasteiger partial charge in [0.1, 0.15) is 5.82 Å². The molecule has 2 unspecified atom stereocenters. The molecule has 0 spiro atoms. The number of rotatable bonds is 7. The Hall–Kier alpha value is -1.56. The van der Waals surface area contributed by atoms with Gasteiger partial charge in [-0.3, -0.25) is 10.1 Å². The molecule has 0 bridgehead atoms. The van der Waals surface area contributed by atoms with Gasteiger partial charge in [-0.2, -0.15) is 4.39 Å². The molecule has 2 atom stereocenters. The van der Waals surface area contributed by atoms with Crippen LogP contribution < -0.4 is 5.32 Å². The van der Waals surface area contributed by atoms with E-state index in [1.807, 2.05) is 6.92 Å². The van der Waals surface area contributed by atoms with Crippen LogP contribution in [0.2, 0.25) is 0 Å². The Morgan fingerprint density at radius 2 is 1.95 bits per heavy atom. The summed E-state index contributed by atoms with van der Waals surface area (Å²) in [6.45, 7) is 6.34. The molecule has 1 aromatic rings. The Bertz CT molecular complexity index is 480. The second-order valence-electron chi connectivity index (χ2n) is 5.18. The van der Waals surface area contributed by atoms with Gasteiger partial charge >= 0.3 is 5.69 Å². The van der Waals surface area contributed by atoms with Gasteiger partial charge in [0.25, 0.3) is 0 Å². The standard InChI is InChI=1S/C14H20F2N2O2/c1-4-9(2)5-10(3)17-8-11-6-14(18(19)20)13(16)7-12(11)15/h6-7,9-10,17H,4-5,8H2,1-3H3. The normalized spacial score (nSPS) is 14.1. The van der Waals surface area contributed by atoms with Gasteiger partial charge in [0.05, 0.1) is 4.92 Å². The van der Waals surface area contributed by atoms with Crippen LogP contribution >= 0.6 is 0 Å². The van der Waals surface area contributed by atoms with Crippen molar-refractivity contribution in [2.24, 2.45) is 5.92 Å². The van der Waals surface area contributed by atoms with E-state index in [2.05, 4.69) is 19.2 Å². The fourth-order valence-corrected chi connectivity index (χ4v) is 1.99. The first-order valence-corrected chi connectivity index (χ1v) is 6.70. The van der Waals surface area contributed by atoms with E-state index in [-0.39, 0.29) is 18.2 Å². The summed E-state index contributed by atoms with van der Waals surface area (Å²) in [5.74, 6) is -1.37. The van der Waals surface area contributed by atoms with Crippen molar-refractivity contribution in [2.45, 2.75) is 46.2 Å². The SMILES string of the molecule is CCC(C)CC(C)NCc1cc([N+](=O)[O-])c(F)cc1F. The van der Waals surface area contributed by atoms with Gasteiger partial charge in [0.15, 0.2) is 0 Å². The summed E-state index contributed by atoms with van der Waals surface area (Å²) in [6.07, 6.45) is 1.99. The van der Waals surface area contributed by atoms with Crippen LogP contribution in [0, 0.1) is 27.7 Å². The molecular formula is C14H20F2N2O2. The first-order valence-electron chi connectivity index (χ1n) is 6.70. The van der Waals surface area contributed by atoms with Crippen molar-refractivity contribution in [1.82, 2.24) is 5.32 Å². The third kappa shape index (κ3) is 4.52. The number of benzene rings is 1. The summed E-state index contributed by atoms with van der Waals surface area (Å²) in [4.78, 5) is 9.78. The average molecular weight is 286 g/mol. The fraction of sp³-hybridized carbons (Fsp3) is 0.571.